The summed E-state index contributed by atoms with van der Waals surface area (Å²) >= 11 is 6.00. The summed E-state index contributed by atoms with van der Waals surface area (Å²) in [6, 6.07) is 10.6. The first-order valence-corrected chi connectivity index (χ1v) is 8.08. The van der Waals surface area contributed by atoms with Crippen LogP contribution >= 0.6 is 11.6 Å². The van der Waals surface area contributed by atoms with Gasteiger partial charge < -0.3 is 9.67 Å². The van der Waals surface area contributed by atoms with Gasteiger partial charge in [0.05, 0.1) is 23.9 Å². The Balaban J connectivity index is 0.000000187. The lowest BCUT2D eigenvalue weighted by Gasteiger charge is -2.05. The normalized spacial score (nSPS) is 10.2. The van der Waals surface area contributed by atoms with Crippen molar-refractivity contribution in [3.63, 3.8) is 0 Å². The van der Waals surface area contributed by atoms with Crippen LogP contribution in [0.15, 0.2) is 54.9 Å². The summed E-state index contributed by atoms with van der Waals surface area (Å²) in [4.78, 5) is 8.86. The molecule has 0 atom stereocenters. The highest BCUT2D eigenvalue weighted by Gasteiger charge is 2.03. The summed E-state index contributed by atoms with van der Waals surface area (Å²) in [5.41, 5.74) is 3.58. The van der Waals surface area contributed by atoms with Crippen LogP contribution in [0.25, 0.3) is 5.82 Å². The Bertz CT molecular complexity index is 823. The quantitative estimate of drug-likeness (QED) is 0.515. The van der Waals surface area contributed by atoms with Gasteiger partial charge in [-0.3, -0.25) is 10.3 Å². The standard InChI is InChI=1S/C10H9ClN2.C8H9F2NO2/c1-8-4-3-7-13(8)10-9(11)5-2-6-12-10;9-6-3-7(10)5-8(4-6)11-13-2-1-12/h2-7H,1H3;3-5,11-12H,1-2H2. The van der Waals surface area contributed by atoms with E-state index in [2.05, 4.69) is 15.3 Å². The van der Waals surface area contributed by atoms with Crippen molar-refractivity contribution in [2.45, 2.75) is 6.92 Å². The van der Waals surface area contributed by atoms with Crippen molar-refractivity contribution in [1.29, 1.82) is 0 Å². The molecule has 2 aromatic heterocycles. The van der Waals surface area contributed by atoms with Crippen molar-refractivity contribution in [3.8, 4) is 5.82 Å². The molecule has 26 heavy (non-hydrogen) atoms. The molecule has 0 saturated heterocycles. The van der Waals surface area contributed by atoms with E-state index < -0.39 is 11.6 Å². The van der Waals surface area contributed by atoms with Gasteiger partial charge in [0.1, 0.15) is 11.6 Å². The molecular formula is C18H18ClF2N3O2. The van der Waals surface area contributed by atoms with Gasteiger partial charge in [-0.2, -0.15) is 0 Å². The van der Waals surface area contributed by atoms with Crippen LogP contribution in [0.2, 0.25) is 5.02 Å². The smallest absolute Gasteiger partial charge is 0.155 e. The topological polar surface area (TPSA) is 59.3 Å². The van der Waals surface area contributed by atoms with E-state index in [1.54, 1.807) is 6.20 Å². The minimum atomic E-state index is -0.685. The predicted octanol–water partition coefficient (Wildman–Crippen LogP) is 4.13. The number of hydrogen-bond acceptors (Lipinski definition) is 4. The number of nitrogens with zero attached hydrogens (tertiary/aromatic N) is 2. The monoisotopic (exact) mass is 381 g/mol. The summed E-state index contributed by atoms with van der Waals surface area (Å²) in [5.74, 6) is -0.586. The lowest BCUT2D eigenvalue weighted by Crippen LogP contribution is -2.06. The maximum atomic E-state index is 12.6. The predicted molar refractivity (Wildman–Crippen MR) is 96.3 cm³/mol. The minimum absolute atomic E-state index is 0.0537. The second-order valence-electron chi connectivity index (χ2n) is 5.16. The maximum Gasteiger partial charge on any atom is 0.155 e. The fourth-order valence-electron chi connectivity index (χ4n) is 2.05. The molecule has 0 spiro atoms. The van der Waals surface area contributed by atoms with Gasteiger partial charge in [0, 0.05) is 24.2 Å². The third kappa shape index (κ3) is 5.80. The Hall–Kier alpha value is -2.48. The van der Waals surface area contributed by atoms with E-state index in [1.807, 2.05) is 42.0 Å². The molecule has 138 valence electrons. The molecule has 8 heteroatoms. The van der Waals surface area contributed by atoms with Crippen LogP contribution in [0.4, 0.5) is 14.5 Å². The van der Waals surface area contributed by atoms with E-state index in [0.29, 0.717) is 5.02 Å². The Morgan fingerprint density at radius 2 is 1.92 bits per heavy atom. The molecule has 0 bridgehead atoms. The van der Waals surface area contributed by atoms with Gasteiger partial charge in [-0.1, -0.05) is 11.6 Å². The fraction of sp³-hybridized carbons (Fsp3) is 0.167. The number of pyridine rings is 1. The average Bonchev–Trinajstić information content (AvgIpc) is 3.01. The van der Waals surface area contributed by atoms with Gasteiger partial charge in [0.2, 0.25) is 0 Å². The van der Waals surface area contributed by atoms with Crippen molar-refractivity contribution < 1.29 is 18.7 Å². The number of aliphatic hydroxyl groups excluding tert-OH is 1. The molecule has 0 aliphatic rings. The van der Waals surface area contributed by atoms with Crippen molar-refractivity contribution in [2.75, 3.05) is 18.7 Å². The number of aliphatic hydroxyl groups is 1. The van der Waals surface area contributed by atoms with E-state index in [9.17, 15) is 8.78 Å². The van der Waals surface area contributed by atoms with E-state index >= 15 is 0 Å². The third-order valence-corrected chi connectivity index (χ3v) is 3.46. The molecule has 3 rings (SSSR count). The lowest BCUT2D eigenvalue weighted by atomic mass is 10.3. The maximum absolute atomic E-state index is 12.6. The largest absolute Gasteiger partial charge is 0.394 e. The third-order valence-electron chi connectivity index (χ3n) is 3.17. The first kappa shape index (κ1) is 19.8. The van der Waals surface area contributed by atoms with E-state index in [-0.39, 0.29) is 18.9 Å². The van der Waals surface area contributed by atoms with Gasteiger partial charge in [-0.15, -0.1) is 0 Å². The summed E-state index contributed by atoms with van der Waals surface area (Å²) in [6.07, 6.45) is 3.68. The van der Waals surface area contributed by atoms with Crippen molar-refractivity contribution in [1.82, 2.24) is 9.55 Å². The number of aromatic nitrogens is 2. The second-order valence-corrected chi connectivity index (χ2v) is 5.57. The number of anilines is 1. The zero-order chi connectivity index (χ0) is 18.9. The van der Waals surface area contributed by atoms with Crippen LogP contribution in [0.3, 0.4) is 0 Å². The van der Waals surface area contributed by atoms with Crippen LogP contribution in [-0.2, 0) is 4.84 Å². The van der Waals surface area contributed by atoms with E-state index in [0.717, 1.165) is 29.7 Å². The summed E-state index contributed by atoms with van der Waals surface area (Å²) in [6.45, 7) is 1.91. The molecule has 0 radical (unpaired) electrons. The molecular weight excluding hydrogens is 364 g/mol. The first-order chi connectivity index (χ1) is 12.5. The Morgan fingerprint density at radius 3 is 2.50 bits per heavy atom. The molecule has 0 aliphatic carbocycles. The highest BCUT2D eigenvalue weighted by Crippen LogP contribution is 2.18. The highest BCUT2D eigenvalue weighted by molar-refractivity contribution is 6.32. The van der Waals surface area contributed by atoms with Crippen LogP contribution < -0.4 is 5.48 Å². The SMILES string of the molecule is Cc1cccn1-c1ncccc1Cl.OCCONc1cc(F)cc(F)c1. The van der Waals surface area contributed by atoms with Crippen molar-refractivity contribution >= 4 is 17.3 Å². The molecule has 1 aromatic carbocycles. The minimum Gasteiger partial charge on any atom is -0.394 e. The molecule has 2 heterocycles. The van der Waals surface area contributed by atoms with Gasteiger partial charge in [0.15, 0.2) is 5.82 Å². The van der Waals surface area contributed by atoms with Crippen LogP contribution in [0.1, 0.15) is 5.69 Å². The number of rotatable bonds is 5. The van der Waals surface area contributed by atoms with E-state index in [4.69, 9.17) is 16.7 Å². The molecule has 0 fully saturated rings. The Kier molecular flexibility index (Phi) is 7.53. The molecule has 2 N–H and O–H groups in total. The van der Waals surface area contributed by atoms with Gasteiger partial charge in [0.25, 0.3) is 0 Å². The summed E-state index contributed by atoms with van der Waals surface area (Å²) in [7, 11) is 0. The van der Waals surface area contributed by atoms with Crippen LogP contribution in [0, 0.1) is 18.6 Å². The number of hydrogen-bond donors (Lipinski definition) is 2. The van der Waals surface area contributed by atoms with Crippen LogP contribution in [-0.4, -0.2) is 27.9 Å². The van der Waals surface area contributed by atoms with Gasteiger partial charge in [-0.05, 0) is 43.3 Å². The van der Waals surface area contributed by atoms with Crippen molar-refractivity contribution in [3.05, 3.63) is 77.2 Å². The number of nitrogens with one attached hydrogen (secondary N) is 1. The van der Waals surface area contributed by atoms with Crippen molar-refractivity contribution in [2.24, 2.45) is 0 Å². The zero-order valence-electron chi connectivity index (χ0n) is 14.0. The van der Waals surface area contributed by atoms with E-state index in [1.165, 1.54) is 0 Å². The second kappa shape index (κ2) is 9.86. The Morgan fingerprint density at radius 1 is 1.19 bits per heavy atom. The molecule has 3 aromatic rings. The molecule has 0 unspecified atom stereocenters. The first-order valence-electron chi connectivity index (χ1n) is 7.71. The van der Waals surface area contributed by atoms with Gasteiger partial charge >= 0.3 is 0 Å². The molecule has 0 aliphatic heterocycles. The highest BCUT2D eigenvalue weighted by atomic mass is 35.5. The summed E-state index contributed by atoms with van der Waals surface area (Å²) in [5, 5.41) is 9.01. The number of aryl methyl sites for hydroxylation is 1. The molecule has 0 amide bonds. The number of benzene rings is 1. The zero-order valence-corrected chi connectivity index (χ0v) is 14.8. The number of halogens is 3. The molecule has 5 nitrogen and oxygen atoms in total. The van der Waals surface area contributed by atoms with Gasteiger partial charge in [-0.25, -0.2) is 13.8 Å². The average molecular weight is 382 g/mol. The fourth-order valence-corrected chi connectivity index (χ4v) is 2.26. The summed E-state index contributed by atoms with van der Waals surface area (Å²) < 4.78 is 27.1. The Labute approximate surface area is 154 Å². The lowest BCUT2D eigenvalue weighted by molar-refractivity contribution is 0.133. The molecule has 0 saturated carbocycles. The van der Waals surface area contributed by atoms with Crippen LogP contribution in [0.5, 0.6) is 0 Å².